The van der Waals surface area contributed by atoms with Crippen molar-refractivity contribution in [3.8, 4) is 0 Å². The molecule has 0 aromatic carbocycles. The van der Waals surface area contributed by atoms with Crippen LogP contribution >= 0.6 is 0 Å². The average molecular weight is 157 g/mol. The van der Waals surface area contributed by atoms with Crippen LogP contribution in [0.1, 0.15) is 1.43 Å². The van der Waals surface area contributed by atoms with Gasteiger partial charge in [0.15, 0.2) is 0 Å². The summed E-state index contributed by atoms with van der Waals surface area (Å²) in [7, 11) is 0. The van der Waals surface area contributed by atoms with Gasteiger partial charge in [-0.2, -0.15) is 0 Å². The maximum absolute atomic E-state index is 8.56. The van der Waals surface area contributed by atoms with Crippen molar-refractivity contribution in [3.63, 3.8) is 0 Å². The molecule has 0 fully saturated rings. The molecule has 0 saturated heterocycles. The number of hydrogen-bond donors (Lipinski definition) is 2. The first-order valence-electron chi connectivity index (χ1n) is 0.651. The summed E-state index contributed by atoms with van der Waals surface area (Å²) in [4.78, 5) is 8.56. The van der Waals surface area contributed by atoms with Gasteiger partial charge in [0, 0.05) is 0 Å². The number of carbonyl (C=O) groups is 1. The number of carboxylic acid groups (broad SMARTS) is 2. The summed E-state index contributed by atoms with van der Waals surface area (Å²) in [5.41, 5.74) is 0. The van der Waals surface area contributed by atoms with E-state index in [1.54, 1.807) is 0 Å². The smallest absolute Gasteiger partial charge is 1.00 e. The molecular formula is CH3Cl2NaO3. The van der Waals surface area contributed by atoms with Gasteiger partial charge in [0.25, 0.3) is 0 Å². The van der Waals surface area contributed by atoms with E-state index >= 15 is 0 Å². The normalized spacial score (nSPS) is 3.43. The summed E-state index contributed by atoms with van der Waals surface area (Å²) in [6.07, 6.45) is -1.83. The van der Waals surface area contributed by atoms with Crippen LogP contribution in [0.5, 0.6) is 0 Å². The van der Waals surface area contributed by atoms with Gasteiger partial charge in [0.05, 0.1) is 0 Å². The molecule has 0 aliphatic carbocycles. The zero-order valence-corrected chi connectivity index (χ0v) is 7.07. The van der Waals surface area contributed by atoms with Gasteiger partial charge < -0.3 is 35.0 Å². The van der Waals surface area contributed by atoms with E-state index in [1.165, 1.54) is 0 Å². The van der Waals surface area contributed by atoms with E-state index in [0.717, 1.165) is 0 Å². The Morgan fingerprint density at radius 1 is 1.29 bits per heavy atom. The van der Waals surface area contributed by atoms with Crippen molar-refractivity contribution in [1.82, 2.24) is 0 Å². The van der Waals surface area contributed by atoms with Crippen LogP contribution in [0.2, 0.25) is 0 Å². The van der Waals surface area contributed by atoms with Crippen molar-refractivity contribution in [1.29, 1.82) is 0 Å². The Labute approximate surface area is 76.7 Å². The van der Waals surface area contributed by atoms with Crippen LogP contribution in [-0.4, -0.2) is 16.4 Å². The number of halogens is 2. The second-order valence-electron chi connectivity index (χ2n) is 0.283. The van der Waals surface area contributed by atoms with Gasteiger partial charge in [0.2, 0.25) is 0 Å². The molecule has 0 atom stereocenters. The van der Waals surface area contributed by atoms with E-state index in [9.17, 15) is 0 Å². The topological polar surface area (TPSA) is 57.5 Å². The van der Waals surface area contributed by atoms with Crippen molar-refractivity contribution in [2.45, 2.75) is 0 Å². The van der Waals surface area contributed by atoms with Gasteiger partial charge in [-0.25, -0.2) is 4.79 Å². The fourth-order valence-corrected chi connectivity index (χ4v) is 0. The molecule has 2 N–H and O–H groups in total. The van der Waals surface area contributed by atoms with Gasteiger partial charge >= 0.3 is 37.1 Å². The maximum atomic E-state index is 8.56. The van der Waals surface area contributed by atoms with Crippen LogP contribution in [0, 0.1) is 0 Å². The van der Waals surface area contributed by atoms with Crippen molar-refractivity contribution < 1.29 is 70.8 Å². The molecule has 0 amide bonds. The van der Waals surface area contributed by atoms with Crippen LogP contribution < -0.4 is 54.4 Å². The summed E-state index contributed by atoms with van der Waals surface area (Å²) in [6.45, 7) is 0. The van der Waals surface area contributed by atoms with Crippen molar-refractivity contribution >= 4 is 6.16 Å². The second-order valence-corrected chi connectivity index (χ2v) is 0.283. The minimum atomic E-state index is -1.83. The largest absolute Gasteiger partial charge is 1.00 e. The quantitative estimate of drug-likeness (QED) is 0.343. The van der Waals surface area contributed by atoms with Gasteiger partial charge in [-0.15, -0.1) is 0 Å². The molecule has 7 heavy (non-hydrogen) atoms. The number of hydrogen-bond acceptors (Lipinski definition) is 1. The maximum Gasteiger partial charge on any atom is 1.00 e. The zero-order chi connectivity index (χ0) is 3.58. The Kier molecular flexibility index (Phi) is 56.1. The van der Waals surface area contributed by atoms with E-state index in [1.807, 2.05) is 0 Å². The summed E-state index contributed by atoms with van der Waals surface area (Å²) >= 11 is 0. The Balaban J connectivity index is -0.00000000750. The van der Waals surface area contributed by atoms with Crippen LogP contribution in [0.3, 0.4) is 0 Å². The van der Waals surface area contributed by atoms with E-state index in [4.69, 9.17) is 15.0 Å². The van der Waals surface area contributed by atoms with Gasteiger partial charge in [0.1, 0.15) is 0 Å². The molecule has 3 nitrogen and oxygen atoms in total. The SMILES string of the molecule is O=C(O)O.[Cl-].[Cl-].[H+].[Na+]. The molecule has 0 aromatic rings. The van der Waals surface area contributed by atoms with E-state index in [-0.39, 0.29) is 55.8 Å². The molecule has 0 unspecified atom stereocenters. The van der Waals surface area contributed by atoms with Gasteiger partial charge in [-0.1, -0.05) is 0 Å². The predicted molar refractivity (Wildman–Crippen MR) is 11.8 cm³/mol. The molecule has 0 aromatic heterocycles. The second kappa shape index (κ2) is 15.8. The molecule has 6 heteroatoms. The Bertz CT molecular complexity index is 40.3. The van der Waals surface area contributed by atoms with Crippen LogP contribution in [0.25, 0.3) is 0 Å². The minimum absolute atomic E-state index is 0. The summed E-state index contributed by atoms with van der Waals surface area (Å²) < 4.78 is 0. The molecule has 0 rings (SSSR count). The molecule has 0 heterocycles. The van der Waals surface area contributed by atoms with E-state index in [0.29, 0.717) is 0 Å². The summed E-state index contributed by atoms with van der Waals surface area (Å²) in [6, 6.07) is 0. The first kappa shape index (κ1) is 24.9. The van der Waals surface area contributed by atoms with Crippen LogP contribution in [0.15, 0.2) is 0 Å². The fraction of sp³-hybridized carbons (Fsp3) is 0. The molecule has 0 aliphatic rings. The average Bonchev–Trinajstić information content (AvgIpc) is 0.811. The molecule has 0 radical (unpaired) electrons. The molecule has 0 spiro atoms. The molecule has 0 aliphatic heterocycles. The third-order valence-electron chi connectivity index (χ3n) is 0. The molecule has 40 valence electrons. The van der Waals surface area contributed by atoms with Gasteiger partial charge in [-0.3, -0.25) is 0 Å². The zero-order valence-electron chi connectivity index (χ0n) is 4.56. The fourth-order valence-electron chi connectivity index (χ4n) is 0. The third-order valence-corrected chi connectivity index (χ3v) is 0. The first-order valence-corrected chi connectivity index (χ1v) is 0.651. The monoisotopic (exact) mass is 156 g/mol. The molecule has 0 saturated carbocycles. The van der Waals surface area contributed by atoms with Crippen LogP contribution in [0.4, 0.5) is 4.79 Å². The minimum Gasteiger partial charge on any atom is -1.00 e. The standard InChI is InChI=1S/CH2O3.2ClH.Na/c2-1(3)4;;;/h(H2,2,3,4);2*1H;/q;;;+1/p-1. The Morgan fingerprint density at radius 2 is 1.29 bits per heavy atom. The molecule has 0 bridgehead atoms. The summed E-state index contributed by atoms with van der Waals surface area (Å²) in [5.74, 6) is 0. The molecular weight excluding hydrogens is 154 g/mol. The van der Waals surface area contributed by atoms with Crippen LogP contribution in [-0.2, 0) is 0 Å². The Morgan fingerprint density at radius 3 is 1.29 bits per heavy atom. The third kappa shape index (κ3) is 223. The van der Waals surface area contributed by atoms with E-state index < -0.39 is 6.16 Å². The predicted octanol–water partition coefficient (Wildman–Crippen LogP) is -8.65. The Hall–Kier alpha value is 0.850. The van der Waals surface area contributed by atoms with Crippen molar-refractivity contribution in [2.24, 2.45) is 0 Å². The number of rotatable bonds is 0. The summed E-state index contributed by atoms with van der Waals surface area (Å²) in [5, 5.41) is 13.9. The van der Waals surface area contributed by atoms with Crippen molar-refractivity contribution in [3.05, 3.63) is 0 Å². The van der Waals surface area contributed by atoms with Gasteiger partial charge in [-0.05, 0) is 0 Å². The first-order chi connectivity index (χ1) is 1.73. The van der Waals surface area contributed by atoms with E-state index in [2.05, 4.69) is 0 Å². The van der Waals surface area contributed by atoms with Crippen molar-refractivity contribution in [2.75, 3.05) is 0 Å².